The van der Waals surface area contributed by atoms with Gasteiger partial charge in [-0.3, -0.25) is 4.79 Å². The number of nitrogens with one attached hydrogen (secondary N) is 2. The number of thiazole rings is 1. The summed E-state index contributed by atoms with van der Waals surface area (Å²) < 4.78 is 16.3. The first-order valence-corrected chi connectivity index (χ1v) is 9.62. The van der Waals surface area contributed by atoms with Gasteiger partial charge in [-0.25, -0.2) is 9.97 Å². The molecule has 9 heteroatoms. The number of pyridine rings is 1. The van der Waals surface area contributed by atoms with Crippen molar-refractivity contribution < 1.29 is 19.0 Å². The van der Waals surface area contributed by atoms with Gasteiger partial charge in [-0.1, -0.05) is 6.92 Å². The fraction of sp³-hybridized carbons (Fsp3) is 0.211. The number of aromatic nitrogens is 2. The van der Waals surface area contributed by atoms with Crippen molar-refractivity contribution in [2.24, 2.45) is 0 Å². The van der Waals surface area contributed by atoms with E-state index < -0.39 is 0 Å². The predicted octanol–water partition coefficient (Wildman–Crippen LogP) is 4.05. The maximum atomic E-state index is 12.5. The van der Waals surface area contributed by atoms with Crippen LogP contribution in [0.2, 0.25) is 0 Å². The number of hydrogen-bond acceptors (Lipinski definition) is 8. The highest BCUT2D eigenvalue weighted by Gasteiger charge is 2.16. The number of anilines is 3. The van der Waals surface area contributed by atoms with E-state index in [1.165, 1.54) is 11.3 Å². The molecule has 3 heterocycles. The molecule has 0 saturated carbocycles. The molecular weight excluding hydrogens is 380 g/mol. The number of hydrogen-bond donors (Lipinski definition) is 2. The molecule has 2 N–H and O–H groups in total. The van der Waals surface area contributed by atoms with Gasteiger partial charge in [0.2, 0.25) is 6.79 Å². The van der Waals surface area contributed by atoms with Gasteiger partial charge in [0, 0.05) is 23.3 Å². The minimum atomic E-state index is -0.352. The second-order valence-electron chi connectivity index (χ2n) is 5.88. The molecule has 0 fully saturated rings. The van der Waals surface area contributed by atoms with Gasteiger partial charge in [0.25, 0.3) is 5.91 Å². The molecule has 144 valence electrons. The van der Waals surface area contributed by atoms with Crippen LogP contribution in [0.3, 0.4) is 0 Å². The highest BCUT2D eigenvalue weighted by atomic mass is 32.1. The van der Waals surface area contributed by atoms with Crippen LogP contribution in [-0.4, -0.2) is 29.3 Å². The normalized spacial score (nSPS) is 11.9. The Kier molecular flexibility index (Phi) is 5.24. The minimum absolute atomic E-state index is 0.220. The van der Waals surface area contributed by atoms with Crippen LogP contribution in [0.4, 0.5) is 16.6 Å². The Balaban J connectivity index is 1.43. The van der Waals surface area contributed by atoms with E-state index in [4.69, 9.17) is 14.2 Å². The van der Waals surface area contributed by atoms with E-state index in [0.717, 1.165) is 12.1 Å². The molecular formula is C19H18N4O4S. The number of nitrogens with zero attached hydrogens (tertiary/aromatic N) is 2. The second-order valence-corrected chi connectivity index (χ2v) is 6.74. The maximum Gasteiger partial charge on any atom is 0.276 e. The standard InChI is InChI=1S/C19H18N4O4S/c1-2-8-25-15-4-3-7-20-17(15)23-18(24)13-10-28-19(22-13)21-12-5-6-14-16(9-12)27-11-26-14/h3-7,9-10H,2,8,11H2,1H3,(H,21,22)(H,20,23,24). The van der Waals surface area contributed by atoms with E-state index in [0.29, 0.717) is 40.5 Å². The molecule has 8 nitrogen and oxygen atoms in total. The molecule has 1 aliphatic rings. The number of rotatable bonds is 7. The predicted molar refractivity (Wildman–Crippen MR) is 106 cm³/mol. The monoisotopic (exact) mass is 398 g/mol. The van der Waals surface area contributed by atoms with E-state index in [-0.39, 0.29) is 12.7 Å². The molecule has 1 amide bonds. The average Bonchev–Trinajstić information content (AvgIpc) is 3.36. The van der Waals surface area contributed by atoms with Crippen molar-refractivity contribution in [1.29, 1.82) is 0 Å². The van der Waals surface area contributed by atoms with Crippen LogP contribution >= 0.6 is 11.3 Å². The summed E-state index contributed by atoms with van der Waals surface area (Å²) in [5.41, 5.74) is 1.09. The van der Waals surface area contributed by atoms with Crippen LogP contribution in [0.5, 0.6) is 17.2 Å². The van der Waals surface area contributed by atoms with E-state index in [1.807, 2.05) is 25.1 Å². The summed E-state index contributed by atoms with van der Waals surface area (Å²) in [4.78, 5) is 21.1. The van der Waals surface area contributed by atoms with Crippen LogP contribution < -0.4 is 24.8 Å². The van der Waals surface area contributed by atoms with Gasteiger partial charge >= 0.3 is 0 Å². The smallest absolute Gasteiger partial charge is 0.276 e. The van der Waals surface area contributed by atoms with Crippen molar-refractivity contribution in [3.63, 3.8) is 0 Å². The lowest BCUT2D eigenvalue weighted by Crippen LogP contribution is -2.14. The molecule has 0 saturated heterocycles. The highest BCUT2D eigenvalue weighted by Crippen LogP contribution is 2.35. The van der Waals surface area contributed by atoms with Crippen LogP contribution in [0.25, 0.3) is 0 Å². The first-order valence-electron chi connectivity index (χ1n) is 8.74. The van der Waals surface area contributed by atoms with E-state index in [9.17, 15) is 4.79 Å². The lowest BCUT2D eigenvalue weighted by Gasteiger charge is -2.09. The lowest BCUT2D eigenvalue weighted by atomic mass is 10.3. The third-order valence-corrected chi connectivity index (χ3v) is 4.58. The molecule has 0 radical (unpaired) electrons. The zero-order valence-corrected chi connectivity index (χ0v) is 15.9. The number of carbonyl (C=O) groups excluding carboxylic acids is 1. The molecule has 3 aromatic rings. The third-order valence-electron chi connectivity index (χ3n) is 3.82. The van der Waals surface area contributed by atoms with Gasteiger partial charge in [0.05, 0.1) is 6.61 Å². The van der Waals surface area contributed by atoms with Crippen molar-refractivity contribution in [3.8, 4) is 17.2 Å². The Morgan fingerprint density at radius 1 is 1.29 bits per heavy atom. The van der Waals surface area contributed by atoms with Gasteiger partial charge in [-0.05, 0) is 30.7 Å². The molecule has 0 aliphatic carbocycles. The van der Waals surface area contributed by atoms with Gasteiger partial charge < -0.3 is 24.8 Å². The maximum absolute atomic E-state index is 12.5. The number of carbonyl (C=O) groups is 1. The Bertz CT molecular complexity index is 992. The van der Waals surface area contributed by atoms with Gasteiger partial charge in [0.15, 0.2) is 28.2 Å². The molecule has 4 rings (SSSR count). The summed E-state index contributed by atoms with van der Waals surface area (Å²) in [7, 11) is 0. The van der Waals surface area contributed by atoms with Crippen LogP contribution in [0.15, 0.2) is 41.9 Å². The SMILES string of the molecule is CCCOc1cccnc1NC(=O)c1csc(Nc2ccc3c(c2)OCO3)n1. The molecule has 0 atom stereocenters. The number of benzene rings is 1. The summed E-state index contributed by atoms with van der Waals surface area (Å²) in [6.45, 7) is 2.78. The van der Waals surface area contributed by atoms with E-state index in [1.54, 1.807) is 23.7 Å². The van der Waals surface area contributed by atoms with Gasteiger partial charge in [-0.15, -0.1) is 11.3 Å². The van der Waals surface area contributed by atoms with Crippen molar-refractivity contribution in [2.75, 3.05) is 24.0 Å². The lowest BCUT2D eigenvalue weighted by molar-refractivity contribution is 0.102. The molecule has 28 heavy (non-hydrogen) atoms. The first-order chi connectivity index (χ1) is 13.7. The Morgan fingerprint density at radius 3 is 3.07 bits per heavy atom. The number of ether oxygens (including phenoxy) is 3. The number of amides is 1. The average molecular weight is 398 g/mol. The molecule has 1 aliphatic heterocycles. The summed E-state index contributed by atoms with van der Waals surface area (Å²) in [6, 6.07) is 9.04. The summed E-state index contributed by atoms with van der Waals surface area (Å²) in [5.74, 6) is 1.94. The topological polar surface area (TPSA) is 94.6 Å². The minimum Gasteiger partial charge on any atom is -0.490 e. The molecule has 1 aromatic carbocycles. The zero-order chi connectivity index (χ0) is 19.3. The molecule has 2 aromatic heterocycles. The van der Waals surface area contributed by atoms with Crippen molar-refractivity contribution in [1.82, 2.24) is 9.97 Å². The fourth-order valence-electron chi connectivity index (χ4n) is 2.52. The van der Waals surface area contributed by atoms with Gasteiger partial charge in [0.1, 0.15) is 5.69 Å². The van der Waals surface area contributed by atoms with Crippen LogP contribution in [0, 0.1) is 0 Å². The van der Waals surface area contributed by atoms with Crippen molar-refractivity contribution >= 4 is 33.9 Å². The largest absolute Gasteiger partial charge is 0.490 e. The summed E-state index contributed by atoms with van der Waals surface area (Å²) in [6.07, 6.45) is 2.46. The van der Waals surface area contributed by atoms with E-state index >= 15 is 0 Å². The summed E-state index contributed by atoms with van der Waals surface area (Å²) >= 11 is 1.33. The van der Waals surface area contributed by atoms with Crippen LogP contribution in [-0.2, 0) is 0 Å². The number of fused-ring (bicyclic) bond motifs is 1. The zero-order valence-electron chi connectivity index (χ0n) is 15.1. The molecule has 0 spiro atoms. The highest BCUT2D eigenvalue weighted by molar-refractivity contribution is 7.14. The molecule has 0 bridgehead atoms. The summed E-state index contributed by atoms with van der Waals surface area (Å²) in [5, 5.41) is 8.19. The Morgan fingerprint density at radius 2 is 2.18 bits per heavy atom. The fourth-order valence-corrected chi connectivity index (χ4v) is 3.23. The Labute approximate surface area is 165 Å². The van der Waals surface area contributed by atoms with Crippen molar-refractivity contribution in [3.05, 3.63) is 47.6 Å². The van der Waals surface area contributed by atoms with E-state index in [2.05, 4.69) is 20.6 Å². The quantitative estimate of drug-likeness (QED) is 0.620. The second kappa shape index (κ2) is 8.13. The van der Waals surface area contributed by atoms with Gasteiger partial charge in [-0.2, -0.15) is 0 Å². The van der Waals surface area contributed by atoms with Crippen molar-refractivity contribution in [2.45, 2.75) is 13.3 Å². The molecule has 0 unspecified atom stereocenters. The van der Waals surface area contributed by atoms with Crippen LogP contribution in [0.1, 0.15) is 23.8 Å². The Hall–Kier alpha value is -3.33. The third kappa shape index (κ3) is 3.99. The first kappa shape index (κ1) is 18.1.